The van der Waals surface area contributed by atoms with Crippen molar-refractivity contribution in [1.29, 1.82) is 5.26 Å². The molecule has 1 fully saturated rings. The molecule has 1 aromatic rings. The number of para-hydroxylation sites is 1. The van der Waals surface area contributed by atoms with Gasteiger partial charge in [0.05, 0.1) is 0 Å². The molecule has 0 bridgehead atoms. The summed E-state index contributed by atoms with van der Waals surface area (Å²) < 4.78 is 0. The fourth-order valence-corrected chi connectivity index (χ4v) is 2.80. The van der Waals surface area contributed by atoms with E-state index in [4.69, 9.17) is 16.9 Å². The summed E-state index contributed by atoms with van der Waals surface area (Å²) in [6, 6.07) is 9.80. The number of carbonyl (C=O) groups is 1. The molecule has 0 spiro atoms. The number of alkyl halides is 1. The fraction of sp³-hybridized carbons (Fsp3) is 0.429. The van der Waals surface area contributed by atoms with Crippen LogP contribution >= 0.6 is 11.6 Å². The second kappa shape index (κ2) is 6.63. The topological polar surface area (TPSA) is 44.1 Å². The molecule has 19 heavy (non-hydrogen) atoms. The van der Waals surface area contributed by atoms with Crippen molar-refractivity contribution >= 4 is 29.9 Å². The smallest absolute Gasteiger partial charge is 0.268 e. The third-order valence-corrected chi connectivity index (χ3v) is 3.89. The molecule has 0 aliphatic carbocycles. The first-order valence-electron chi connectivity index (χ1n) is 6.59. The Balaban J connectivity index is 2.16. The quantitative estimate of drug-likeness (QED) is 0.628. The summed E-state index contributed by atoms with van der Waals surface area (Å²) in [5, 5.41) is 8.94. The summed E-state index contributed by atoms with van der Waals surface area (Å²) in [5.41, 5.74) is 0.897. The van der Waals surface area contributed by atoms with Crippen LogP contribution in [0.1, 0.15) is 12.8 Å². The van der Waals surface area contributed by atoms with E-state index in [-0.39, 0.29) is 24.5 Å². The normalized spacial score (nSPS) is 15.9. The molecule has 1 heterocycles. The molecule has 1 aliphatic rings. The molecule has 0 atom stereocenters. The fourth-order valence-electron chi connectivity index (χ4n) is 2.67. The summed E-state index contributed by atoms with van der Waals surface area (Å²) in [4.78, 5) is 13.9. The molecule has 0 unspecified atom stereocenters. The van der Waals surface area contributed by atoms with Gasteiger partial charge in [-0.3, -0.25) is 4.79 Å². The Kier molecular flexibility index (Phi) is 4.87. The second-order valence-corrected chi connectivity index (χ2v) is 5.13. The van der Waals surface area contributed by atoms with Crippen LogP contribution in [0, 0.1) is 11.2 Å². The van der Waals surface area contributed by atoms with Crippen LogP contribution in [0.2, 0.25) is 12.6 Å². The van der Waals surface area contributed by atoms with Gasteiger partial charge in [0.15, 0.2) is 0 Å². The minimum absolute atomic E-state index is 0.00687. The van der Waals surface area contributed by atoms with Gasteiger partial charge in [0, 0.05) is 17.7 Å². The van der Waals surface area contributed by atoms with E-state index in [1.54, 1.807) is 4.90 Å². The van der Waals surface area contributed by atoms with Crippen LogP contribution in [0.4, 0.5) is 5.69 Å². The summed E-state index contributed by atoms with van der Waals surface area (Å²) >= 11 is 5.73. The number of anilines is 1. The first kappa shape index (κ1) is 14.0. The first-order valence-corrected chi connectivity index (χ1v) is 7.12. The molecule has 98 valence electrons. The molecule has 0 radical (unpaired) electrons. The van der Waals surface area contributed by atoms with Gasteiger partial charge < -0.3 is 4.90 Å². The number of nitriles is 1. The predicted octanol–water partition coefficient (Wildman–Crippen LogP) is 2.98. The first-order chi connectivity index (χ1) is 9.26. The van der Waals surface area contributed by atoms with Crippen LogP contribution < -0.4 is 4.90 Å². The number of benzene rings is 1. The highest BCUT2D eigenvalue weighted by Gasteiger charge is 2.31. The lowest BCUT2D eigenvalue weighted by Gasteiger charge is -2.34. The van der Waals surface area contributed by atoms with Gasteiger partial charge in [-0.25, -0.2) is 5.26 Å². The van der Waals surface area contributed by atoms with E-state index in [0.717, 1.165) is 31.2 Å². The molecule has 0 N–H and O–H groups in total. The van der Waals surface area contributed by atoms with Gasteiger partial charge in [-0.1, -0.05) is 30.8 Å². The van der Waals surface area contributed by atoms with Crippen molar-refractivity contribution in [2.75, 3.05) is 10.8 Å². The SMILES string of the molecule is N#CB1CCC(N(C(=O)CCl)c2ccccc2)CC1. The number of halogens is 1. The lowest BCUT2D eigenvalue weighted by atomic mass is 9.42. The van der Waals surface area contributed by atoms with Crippen molar-refractivity contribution in [3.63, 3.8) is 0 Å². The number of hydrogen-bond acceptors (Lipinski definition) is 2. The van der Waals surface area contributed by atoms with Gasteiger partial charge in [0.25, 0.3) is 6.71 Å². The lowest BCUT2D eigenvalue weighted by Crippen LogP contribution is -2.44. The zero-order valence-corrected chi connectivity index (χ0v) is 11.5. The summed E-state index contributed by atoms with van der Waals surface area (Å²) in [6.07, 6.45) is 3.46. The molecule has 0 saturated carbocycles. The van der Waals surface area contributed by atoms with Crippen molar-refractivity contribution in [1.82, 2.24) is 0 Å². The van der Waals surface area contributed by atoms with E-state index in [9.17, 15) is 4.79 Å². The third kappa shape index (κ3) is 3.30. The van der Waals surface area contributed by atoms with Gasteiger partial charge in [-0.15, -0.1) is 11.6 Å². The standard InChI is InChI=1S/C14H16BClN2O/c16-10-14(19)18(12-4-2-1-3-5-12)13-6-8-15(11-17)9-7-13/h1-5,13H,6-10H2. The Bertz CT molecular complexity index is 466. The van der Waals surface area contributed by atoms with Crippen molar-refractivity contribution in [2.45, 2.75) is 31.5 Å². The molecular weight excluding hydrogens is 258 g/mol. The van der Waals surface area contributed by atoms with Crippen LogP contribution in [0.5, 0.6) is 0 Å². The summed E-state index contributed by atoms with van der Waals surface area (Å²) in [6.45, 7) is 0.139. The van der Waals surface area contributed by atoms with E-state index < -0.39 is 0 Å². The third-order valence-electron chi connectivity index (χ3n) is 3.66. The van der Waals surface area contributed by atoms with E-state index in [2.05, 4.69) is 5.97 Å². The Morgan fingerprint density at radius 3 is 2.53 bits per heavy atom. The van der Waals surface area contributed by atoms with E-state index in [1.807, 2.05) is 30.3 Å². The van der Waals surface area contributed by atoms with Crippen LogP contribution in [-0.4, -0.2) is 24.5 Å². The van der Waals surface area contributed by atoms with E-state index in [1.165, 1.54) is 0 Å². The van der Waals surface area contributed by atoms with Gasteiger partial charge >= 0.3 is 0 Å². The number of nitrogens with zero attached hydrogens (tertiary/aromatic N) is 2. The molecule has 5 heteroatoms. The monoisotopic (exact) mass is 274 g/mol. The number of rotatable bonds is 3. The molecule has 3 nitrogen and oxygen atoms in total. The molecular formula is C14H16BClN2O. The number of hydrogen-bond donors (Lipinski definition) is 0. The molecule has 1 saturated heterocycles. The molecule has 2 rings (SSSR count). The highest BCUT2D eigenvalue weighted by Crippen LogP contribution is 2.28. The molecule has 1 aliphatic heterocycles. The van der Waals surface area contributed by atoms with E-state index >= 15 is 0 Å². The molecule has 1 aromatic carbocycles. The summed E-state index contributed by atoms with van der Waals surface area (Å²) in [7, 11) is 0. The van der Waals surface area contributed by atoms with Gasteiger partial charge in [0.2, 0.25) is 5.91 Å². The highest BCUT2D eigenvalue weighted by atomic mass is 35.5. The number of carbonyl (C=O) groups excluding carboxylic acids is 1. The van der Waals surface area contributed by atoms with Crippen LogP contribution in [0.25, 0.3) is 0 Å². The lowest BCUT2D eigenvalue weighted by molar-refractivity contribution is -0.116. The average Bonchev–Trinajstić information content (AvgIpc) is 2.49. The minimum atomic E-state index is -0.0618. The Morgan fingerprint density at radius 1 is 1.37 bits per heavy atom. The van der Waals surface area contributed by atoms with Gasteiger partial charge in [-0.2, -0.15) is 0 Å². The zero-order valence-electron chi connectivity index (χ0n) is 10.8. The van der Waals surface area contributed by atoms with Crippen molar-refractivity contribution in [3.8, 4) is 5.97 Å². The summed E-state index contributed by atoms with van der Waals surface area (Å²) in [5.74, 6) is 2.25. The highest BCUT2D eigenvalue weighted by molar-refractivity contribution is 6.67. The van der Waals surface area contributed by atoms with Crippen LogP contribution in [-0.2, 0) is 4.79 Å². The Hall–Kier alpha value is -1.47. The maximum Gasteiger partial charge on any atom is 0.268 e. The van der Waals surface area contributed by atoms with Crippen molar-refractivity contribution < 1.29 is 4.79 Å². The Morgan fingerprint density at radius 2 is 2.00 bits per heavy atom. The maximum absolute atomic E-state index is 12.1. The zero-order chi connectivity index (χ0) is 13.7. The average molecular weight is 275 g/mol. The Labute approximate surface area is 119 Å². The van der Waals surface area contributed by atoms with Crippen LogP contribution in [0.3, 0.4) is 0 Å². The minimum Gasteiger partial charge on any atom is -0.308 e. The van der Waals surface area contributed by atoms with Crippen molar-refractivity contribution in [2.24, 2.45) is 0 Å². The van der Waals surface area contributed by atoms with Gasteiger partial charge in [-0.05, 0) is 25.0 Å². The van der Waals surface area contributed by atoms with Gasteiger partial charge in [0.1, 0.15) is 5.88 Å². The predicted molar refractivity (Wildman–Crippen MR) is 78.7 cm³/mol. The van der Waals surface area contributed by atoms with Crippen molar-refractivity contribution in [3.05, 3.63) is 30.3 Å². The molecule has 1 amide bonds. The largest absolute Gasteiger partial charge is 0.308 e. The van der Waals surface area contributed by atoms with Crippen LogP contribution in [0.15, 0.2) is 30.3 Å². The number of amides is 1. The second-order valence-electron chi connectivity index (χ2n) is 4.87. The molecule has 0 aromatic heterocycles. The van der Waals surface area contributed by atoms with E-state index in [0.29, 0.717) is 0 Å². The maximum atomic E-state index is 12.1.